The minimum absolute atomic E-state index is 0.0284. The van der Waals surface area contributed by atoms with E-state index in [2.05, 4.69) is 16.2 Å². The van der Waals surface area contributed by atoms with Crippen LogP contribution in [0.2, 0.25) is 0 Å². The highest BCUT2D eigenvalue weighted by Gasteiger charge is 2.30. The van der Waals surface area contributed by atoms with Crippen LogP contribution in [0.15, 0.2) is 24.3 Å². The number of phenols is 1. The van der Waals surface area contributed by atoms with Crippen LogP contribution < -0.4 is 16.2 Å². The predicted molar refractivity (Wildman–Crippen MR) is 72.2 cm³/mol. The Morgan fingerprint density at radius 2 is 1.89 bits per heavy atom. The molecule has 0 bridgehead atoms. The van der Waals surface area contributed by atoms with Crippen molar-refractivity contribution >= 4 is 29.1 Å². The van der Waals surface area contributed by atoms with Crippen LogP contribution in [0.4, 0.5) is 0 Å². The van der Waals surface area contributed by atoms with E-state index in [1.165, 1.54) is 12.1 Å². The molecule has 2 amide bonds. The van der Waals surface area contributed by atoms with Gasteiger partial charge in [0.15, 0.2) is 5.11 Å². The van der Waals surface area contributed by atoms with Gasteiger partial charge in [-0.25, -0.2) is 0 Å². The lowest BCUT2D eigenvalue weighted by molar-refractivity contribution is -0.120. The van der Waals surface area contributed by atoms with E-state index in [1.54, 1.807) is 12.1 Å². The predicted octanol–water partition coefficient (Wildman–Crippen LogP) is 0.438. The molecule has 0 saturated heterocycles. The summed E-state index contributed by atoms with van der Waals surface area (Å²) in [6, 6.07) is 6.11. The summed E-state index contributed by atoms with van der Waals surface area (Å²) in [5.74, 6) is -0.779. The van der Waals surface area contributed by atoms with E-state index in [4.69, 9.17) is 12.2 Å². The van der Waals surface area contributed by atoms with Crippen molar-refractivity contribution < 1.29 is 14.7 Å². The van der Waals surface area contributed by atoms with Gasteiger partial charge in [0, 0.05) is 5.92 Å². The Labute approximate surface area is 115 Å². The highest BCUT2D eigenvalue weighted by Crippen LogP contribution is 2.28. The average molecular weight is 279 g/mol. The first kappa shape index (κ1) is 13.3. The summed E-state index contributed by atoms with van der Waals surface area (Å²) in [4.78, 5) is 23.1. The normalized spacial score (nSPS) is 13.5. The van der Waals surface area contributed by atoms with Crippen LogP contribution in [-0.4, -0.2) is 22.0 Å². The van der Waals surface area contributed by atoms with Gasteiger partial charge in [-0.3, -0.25) is 20.4 Å². The summed E-state index contributed by atoms with van der Waals surface area (Å²) in [5, 5.41) is 12.0. The number of thiocarbonyl (C=S) groups is 1. The SMILES string of the molecule is O=C(NNC(=S)NC(=O)C1CC1)c1ccccc1O. The van der Waals surface area contributed by atoms with E-state index in [0.29, 0.717) is 0 Å². The van der Waals surface area contributed by atoms with Crippen LogP contribution in [0, 0.1) is 5.92 Å². The van der Waals surface area contributed by atoms with Gasteiger partial charge in [0.2, 0.25) is 5.91 Å². The van der Waals surface area contributed by atoms with Gasteiger partial charge in [0.1, 0.15) is 5.75 Å². The summed E-state index contributed by atoms with van der Waals surface area (Å²) < 4.78 is 0. The van der Waals surface area contributed by atoms with Gasteiger partial charge in [0.05, 0.1) is 5.56 Å². The number of carbonyl (C=O) groups excluding carboxylic acids is 2. The maximum absolute atomic E-state index is 11.7. The Hall–Kier alpha value is -2.15. The Morgan fingerprint density at radius 1 is 1.21 bits per heavy atom. The first-order valence-electron chi connectivity index (χ1n) is 5.77. The number of carbonyl (C=O) groups is 2. The molecule has 0 heterocycles. The Balaban J connectivity index is 1.81. The number of hydrogen-bond acceptors (Lipinski definition) is 4. The van der Waals surface area contributed by atoms with Gasteiger partial charge in [-0.15, -0.1) is 0 Å². The summed E-state index contributed by atoms with van der Waals surface area (Å²) in [7, 11) is 0. The van der Waals surface area contributed by atoms with Gasteiger partial charge in [-0.2, -0.15) is 0 Å². The van der Waals surface area contributed by atoms with E-state index in [1.807, 2.05) is 0 Å². The van der Waals surface area contributed by atoms with E-state index in [-0.39, 0.29) is 28.3 Å². The van der Waals surface area contributed by atoms with Gasteiger partial charge in [-0.1, -0.05) is 12.1 Å². The molecule has 0 aliphatic heterocycles. The van der Waals surface area contributed by atoms with Crippen molar-refractivity contribution in [1.29, 1.82) is 0 Å². The van der Waals surface area contributed by atoms with Crippen molar-refractivity contribution in [2.24, 2.45) is 5.92 Å². The van der Waals surface area contributed by atoms with Crippen LogP contribution in [0.3, 0.4) is 0 Å². The maximum Gasteiger partial charge on any atom is 0.273 e. The number of phenolic OH excluding ortho intramolecular Hbond substituents is 1. The van der Waals surface area contributed by atoms with Gasteiger partial charge >= 0.3 is 0 Å². The van der Waals surface area contributed by atoms with Gasteiger partial charge in [0.25, 0.3) is 5.91 Å². The first-order chi connectivity index (χ1) is 9.08. The molecule has 100 valence electrons. The third-order valence-corrected chi connectivity index (χ3v) is 2.83. The molecule has 0 spiro atoms. The summed E-state index contributed by atoms with van der Waals surface area (Å²) in [5.41, 5.74) is 4.83. The van der Waals surface area contributed by atoms with Crippen molar-refractivity contribution in [1.82, 2.24) is 16.2 Å². The zero-order chi connectivity index (χ0) is 13.8. The zero-order valence-electron chi connectivity index (χ0n) is 9.97. The highest BCUT2D eigenvalue weighted by molar-refractivity contribution is 7.80. The molecule has 6 nitrogen and oxygen atoms in total. The lowest BCUT2D eigenvalue weighted by Crippen LogP contribution is -2.48. The Morgan fingerprint density at radius 3 is 2.53 bits per heavy atom. The third kappa shape index (κ3) is 3.65. The number of rotatable bonds is 2. The molecule has 4 N–H and O–H groups in total. The highest BCUT2D eigenvalue weighted by atomic mass is 32.1. The molecular formula is C12H13N3O3S. The fraction of sp³-hybridized carbons (Fsp3) is 0.250. The van der Waals surface area contributed by atoms with Crippen LogP contribution in [0.25, 0.3) is 0 Å². The first-order valence-corrected chi connectivity index (χ1v) is 6.18. The molecule has 1 aliphatic rings. The molecule has 7 heteroatoms. The lowest BCUT2D eigenvalue weighted by atomic mass is 10.2. The molecular weight excluding hydrogens is 266 g/mol. The van der Waals surface area contributed by atoms with Gasteiger partial charge < -0.3 is 10.4 Å². The van der Waals surface area contributed by atoms with Crippen molar-refractivity contribution in [2.75, 3.05) is 0 Å². The molecule has 1 aromatic carbocycles. The largest absolute Gasteiger partial charge is 0.507 e. The van der Waals surface area contributed by atoms with E-state index in [9.17, 15) is 14.7 Å². The average Bonchev–Trinajstić information content (AvgIpc) is 3.20. The summed E-state index contributed by atoms with van der Waals surface area (Å²) in [6.07, 6.45) is 1.75. The number of hydrogen-bond donors (Lipinski definition) is 4. The number of para-hydroxylation sites is 1. The number of hydrazine groups is 1. The van der Waals surface area contributed by atoms with E-state index >= 15 is 0 Å². The number of aromatic hydroxyl groups is 1. The monoisotopic (exact) mass is 279 g/mol. The van der Waals surface area contributed by atoms with Crippen molar-refractivity contribution in [2.45, 2.75) is 12.8 Å². The third-order valence-electron chi connectivity index (χ3n) is 2.62. The second-order valence-corrected chi connectivity index (χ2v) is 4.60. The van der Waals surface area contributed by atoms with Gasteiger partial charge in [-0.05, 0) is 37.2 Å². The molecule has 0 radical (unpaired) electrons. The quantitative estimate of drug-likeness (QED) is 0.466. The van der Waals surface area contributed by atoms with E-state index in [0.717, 1.165) is 12.8 Å². The molecule has 2 rings (SSSR count). The van der Waals surface area contributed by atoms with Crippen LogP contribution in [0.5, 0.6) is 5.75 Å². The van der Waals surface area contributed by atoms with Crippen LogP contribution in [-0.2, 0) is 4.79 Å². The minimum atomic E-state index is -0.541. The Kier molecular flexibility index (Phi) is 3.96. The molecule has 19 heavy (non-hydrogen) atoms. The zero-order valence-corrected chi connectivity index (χ0v) is 10.8. The molecule has 1 aliphatic carbocycles. The fourth-order valence-corrected chi connectivity index (χ4v) is 1.59. The number of benzene rings is 1. The maximum atomic E-state index is 11.7. The molecule has 0 atom stereocenters. The van der Waals surface area contributed by atoms with Crippen LogP contribution in [0.1, 0.15) is 23.2 Å². The minimum Gasteiger partial charge on any atom is -0.507 e. The molecule has 1 saturated carbocycles. The lowest BCUT2D eigenvalue weighted by Gasteiger charge is -2.10. The smallest absolute Gasteiger partial charge is 0.273 e. The van der Waals surface area contributed by atoms with Crippen molar-refractivity contribution in [3.05, 3.63) is 29.8 Å². The van der Waals surface area contributed by atoms with Crippen LogP contribution >= 0.6 is 12.2 Å². The standard InChI is InChI=1S/C12H13N3O3S/c16-9-4-2-1-3-8(9)11(18)14-15-12(19)13-10(17)7-5-6-7/h1-4,7,16H,5-6H2,(H,14,18)(H2,13,15,17,19). The fourth-order valence-electron chi connectivity index (χ4n) is 1.44. The van der Waals surface area contributed by atoms with Crippen molar-refractivity contribution in [3.8, 4) is 5.75 Å². The topological polar surface area (TPSA) is 90.5 Å². The second-order valence-electron chi connectivity index (χ2n) is 4.19. The van der Waals surface area contributed by atoms with Crippen molar-refractivity contribution in [3.63, 3.8) is 0 Å². The van der Waals surface area contributed by atoms with E-state index < -0.39 is 5.91 Å². The Bertz CT molecular complexity index is 529. The molecule has 0 unspecified atom stereocenters. The molecule has 0 aromatic heterocycles. The second kappa shape index (κ2) is 5.66. The summed E-state index contributed by atoms with van der Waals surface area (Å²) in [6.45, 7) is 0. The molecule has 1 aromatic rings. The molecule has 1 fully saturated rings. The summed E-state index contributed by atoms with van der Waals surface area (Å²) >= 11 is 4.86. The number of amides is 2. The number of nitrogens with one attached hydrogen (secondary N) is 3.